The van der Waals surface area contributed by atoms with E-state index >= 15 is 0 Å². The van der Waals surface area contributed by atoms with Crippen molar-refractivity contribution >= 4 is 23.7 Å². The zero-order valence-corrected chi connectivity index (χ0v) is 12.8. The maximum Gasteiger partial charge on any atom is 0.433 e. The summed E-state index contributed by atoms with van der Waals surface area (Å²) in [5.74, 6) is -3.84. The molecule has 1 fully saturated rings. The number of morpholine rings is 1. The van der Waals surface area contributed by atoms with Gasteiger partial charge in [0.2, 0.25) is 6.10 Å². The van der Waals surface area contributed by atoms with E-state index < -0.39 is 41.9 Å². The first-order chi connectivity index (χ1) is 11.6. The van der Waals surface area contributed by atoms with Gasteiger partial charge in [-0.05, 0) is 12.1 Å². The first-order valence-corrected chi connectivity index (χ1v) is 6.98. The molecule has 0 radical (unpaired) electrons. The molecule has 0 saturated carbocycles. The van der Waals surface area contributed by atoms with Crippen LogP contribution < -0.4 is 4.90 Å². The number of pyridine rings is 1. The molecule has 2 unspecified atom stereocenters. The van der Waals surface area contributed by atoms with E-state index in [-0.39, 0.29) is 19.0 Å². The number of amides is 1. The Bertz CT molecular complexity index is 693. The van der Waals surface area contributed by atoms with E-state index in [2.05, 4.69) is 9.72 Å². The lowest BCUT2D eigenvalue weighted by Gasteiger charge is -2.33. The number of carboxylic acid groups (broad SMARTS) is 1. The molecule has 8 nitrogen and oxygen atoms in total. The highest BCUT2D eigenvalue weighted by Crippen LogP contribution is 2.29. The SMILES string of the molecule is CC(=O)OC(C(=O)O)C1OCCN(c2cccc(C(F)(F)F)n2)C1=O. The molecule has 2 heterocycles. The van der Waals surface area contributed by atoms with E-state index in [0.717, 1.165) is 24.0 Å². The van der Waals surface area contributed by atoms with Gasteiger partial charge < -0.3 is 14.6 Å². The maximum atomic E-state index is 12.8. The van der Waals surface area contributed by atoms with Crippen molar-refractivity contribution in [2.24, 2.45) is 0 Å². The number of carboxylic acids is 1. The van der Waals surface area contributed by atoms with E-state index in [9.17, 15) is 27.6 Å². The molecule has 1 amide bonds. The molecule has 11 heteroatoms. The number of anilines is 1. The third-order valence-electron chi connectivity index (χ3n) is 3.23. The smallest absolute Gasteiger partial charge is 0.433 e. The number of halogens is 3. The molecule has 2 atom stereocenters. The van der Waals surface area contributed by atoms with E-state index in [0.29, 0.717) is 0 Å². The molecular weight excluding hydrogens is 349 g/mol. The average molecular weight is 362 g/mol. The number of esters is 1. The lowest BCUT2D eigenvalue weighted by Crippen LogP contribution is -2.55. The van der Waals surface area contributed by atoms with Crippen LogP contribution in [0.15, 0.2) is 18.2 Å². The number of ether oxygens (including phenoxy) is 2. The number of nitrogens with zero attached hydrogens (tertiary/aromatic N) is 2. The number of hydrogen-bond donors (Lipinski definition) is 1. The molecule has 1 aromatic heterocycles. The second-order valence-corrected chi connectivity index (χ2v) is 5.03. The number of carbonyl (C=O) groups is 3. The van der Waals surface area contributed by atoms with Gasteiger partial charge in [-0.3, -0.25) is 14.5 Å². The highest BCUT2D eigenvalue weighted by molar-refractivity contribution is 5.99. The molecule has 0 spiro atoms. The van der Waals surface area contributed by atoms with Gasteiger partial charge in [0.15, 0.2) is 6.10 Å². The van der Waals surface area contributed by atoms with Gasteiger partial charge >= 0.3 is 18.1 Å². The summed E-state index contributed by atoms with van der Waals surface area (Å²) in [7, 11) is 0. The van der Waals surface area contributed by atoms with Gasteiger partial charge in [0.1, 0.15) is 11.5 Å². The summed E-state index contributed by atoms with van der Waals surface area (Å²) in [5.41, 5.74) is -1.20. The summed E-state index contributed by atoms with van der Waals surface area (Å²) < 4.78 is 47.9. The first kappa shape index (κ1) is 18.6. The summed E-state index contributed by atoms with van der Waals surface area (Å²) in [6, 6.07) is 2.99. The molecule has 2 rings (SSSR count). The van der Waals surface area contributed by atoms with Crippen LogP contribution in [0.3, 0.4) is 0 Å². The molecule has 1 aliphatic heterocycles. The minimum absolute atomic E-state index is 0.129. The van der Waals surface area contributed by atoms with Crippen molar-refractivity contribution in [3.8, 4) is 0 Å². The minimum Gasteiger partial charge on any atom is -0.478 e. The first-order valence-electron chi connectivity index (χ1n) is 6.98. The van der Waals surface area contributed by atoms with Crippen LogP contribution in [0, 0.1) is 0 Å². The Labute approximate surface area is 139 Å². The molecule has 25 heavy (non-hydrogen) atoms. The standard InChI is InChI=1S/C14H13F3N2O6/c1-7(20)25-11(13(22)23)10-12(21)19(5-6-24-10)9-4-2-3-8(18-9)14(15,16)17/h2-4,10-11H,5-6H2,1H3,(H,22,23). The average Bonchev–Trinajstić information content (AvgIpc) is 2.52. The monoisotopic (exact) mass is 362 g/mol. The zero-order chi connectivity index (χ0) is 18.8. The molecule has 0 bridgehead atoms. The quantitative estimate of drug-likeness (QED) is 0.792. The molecule has 1 N–H and O–H groups in total. The van der Waals surface area contributed by atoms with Crippen molar-refractivity contribution in [3.05, 3.63) is 23.9 Å². The number of aliphatic carboxylic acids is 1. The fourth-order valence-electron chi connectivity index (χ4n) is 2.20. The molecule has 0 aromatic carbocycles. The van der Waals surface area contributed by atoms with E-state index in [4.69, 9.17) is 9.84 Å². The highest BCUT2D eigenvalue weighted by atomic mass is 19.4. The Morgan fingerprint density at radius 1 is 1.44 bits per heavy atom. The highest BCUT2D eigenvalue weighted by Gasteiger charge is 2.43. The normalized spacial score (nSPS) is 19.4. The van der Waals surface area contributed by atoms with Crippen molar-refractivity contribution in [2.75, 3.05) is 18.1 Å². The van der Waals surface area contributed by atoms with Crippen LogP contribution in [0.1, 0.15) is 12.6 Å². The van der Waals surface area contributed by atoms with Crippen molar-refractivity contribution in [2.45, 2.75) is 25.3 Å². The summed E-state index contributed by atoms with van der Waals surface area (Å²) in [6.45, 7) is 0.658. The van der Waals surface area contributed by atoms with Crippen molar-refractivity contribution in [1.82, 2.24) is 4.98 Å². The van der Waals surface area contributed by atoms with Crippen molar-refractivity contribution < 1.29 is 42.1 Å². The Kier molecular flexibility index (Phi) is 5.26. The van der Waals surface area contributed by atoms with Crippen LogP contribution >= 0.6 is 0 Å². The number of aromatic nitrogens is 1. The summed E-state index contributed by atoms with van der Waals surface area (Å²) in [4.78, 5) is 38.9. The van der Waals surface area contributed by atoms with E-state index in [1.54, 1.807) is 0 Å². The number of rotatable bonds is 4. The van der Waals surface area contributed by atoms with Gasteiger partial charge in [0.05, 0.1) is 13.2 Å². The van der Waals surface area contributed by atoms with Gasteiger partial charge in [0, 0.05) is 6.92 Å². The molecule has 0 aliphatic carbocycles. The third-order valence-corrected chi connectivity index (χ3v) is 3.23. The van der Waals surface area contributed by atoms with Crippen LogP contribution in [0.4, 0.5) is 19.0 Å². The summed E-state index contributed by atoms with van der Waals surface area (Å²) in [6.07, 6.45) is -8.31. The fraction of sp³-hybridized carbons (Fsp3) is 0.429. The fourth-order valence-corrected chi connectivity index (χ4v) is 2.20. The van der Waals surface area contributed by atoms with Gasteiger partial charge in [-0.15, -0.1) is 0 Å². The lowest BCUT2D eigenvalue weighted by molar-refractivity contribution is -0.177. The Morgan fingerprint density at radius 2 is 2.12 bits per heavy atom. The van der Waals surface area contributed by atoms with E-state index in [1.807, 2.05) is 0 Å². The second kappa shape index (κ2) is 7.05. The topological polar surface area (TPSA) is 106 Å². The Morgan fingerprint density at radius 3 is 2.68 bits per heavy atom. The van der Waals surface area contributed by atoms with Crippen molar-refractivity contribution in [1.29, 1.82) is 0 Å². The predicted molar refractivity (Wildman–Crippen MR) is 74.5 cm³/mol. The number of alkyl halides is 3. The number of hydrogen-bond acceptors (Lipinski definition) is 6. The second-order valence-electron chi connectivity index (χ2n) is 5.03. The molecular formula is C14H13F3N2O6. The summed E-state index contributed by atoms with van der Waals surface area (Å²) in [5, 5.41) is 9.11. The van der Waals surface area contributed by atoms with Crippen LogP contribution in [0.25, 0.3) is 0 Å². The molecule has 136 valence electrons. The van der Waals surface area contributed by atoms with Crippen LogP contribution in [-0.4, -0.2) is 53.3 Å². The summed E-state index contributed by atoms with van der Waals surface area (Å²) >= 11 is 0. The molecule has 1 aliphatic rings. The predicted octanol–water partition coefficient (Wildman–Crippen LogP) is 0.848. The van der Waals surface area contributed by atoms with Gasteiger partial charge in [0.25, 0.3) is 5.91 Å². The van der Waals surface area contributed by atoms with Crippen molar-refractivity contribution in [3.63, 3.8) is 0 Å². The van der Waals surface area contributed by atoms with Gasteiger partial charge in [-0.25, -0.2) is 9.78 Å². The zero-order valence-electron chi connectivity index (χ0n) is 12.8. The third kappa shape index (κ3) is 4.24. The van der Waals surface area contributed by atoms with E-state index in [1.165, 1.54) is 6.07 Å². The van der Waals surface area contributed by atoms with Crippen LogP contribution in [0.2, 0.25) is 0 Å². The Balaban J connectivity index is 2.30. The van der Waals surface area contributed by atoms with Gasteiger partial charge in [-0.2, -0.15) is 13.2 Å². The lowest BCUT2D eigenvalue weighted by atomic mass is 10.1. The minimum atomic E-state index is -4.70. The maximum absolute atomic E-state index is 12.8. The molecule has 1 aromatic rings. The number of carbonyl (C=O) groups excluding carboxylic acids is 2. The van der Waals surface area contributed by atoms with Gasteiger partial charge in [-0.1, -0.05) is 6.07 Å². The van der Waals surface area contributed by atoms with Crippen LogP contribution in [0.5, 0.6) is 0 Å². The van der Waals surface area contributed by atoms with Crippen LogP contribution in [-0.2, 0) is 30.0 Å². The largest absolute Gasteiger partial charge is 0.478 e. The Hall–Kier alpha value is -2.69. The molecule has 1 saturated heterocycles.